The molecule has 0 N–H and O–H groups in total. The van der Waals surface area contributed by atoms with Gasteiger partial charge < -0.3 is 4.74 Å². The molecule has 0 heterocycles. The maximum absolute atomic E-state index is 11.5. The van der Waals surface area contributed by atoms with Crippen molar-refractivity contribution < 1.29 is 14.3 Å². The monoisotopic (exact) mass is 286 g/mol. The lowest BCUT2D eigenvalue weighted by Crippen LogP contribution is -2.08. The smallest absolute Gasteiger partial charge is 0.306 e. The van der Waals surface area contributed by atoms with Crippen LogP contribution in [0.15, 0.2) is 29.2 Å². The average molecular weight is 287 g/mol. The molecule has 0 atom stereocenters. The molecular formula is C13H15ClO3S. The Balaban J connectivity index is 2.24. The zero-order chi connectivity index (χ0) is 13.4. The molecule has 0 unspecified atom stereocenters. The van der Waals surface area contributed by atoms with Crippen LogP contribution in [0.4, 0.5) is 0 Å². The highest BCUT2D eigenvalue weighted by Crippen LogP contribution is 2.20. The molecule has 0 aromatic heterocycles. The normalized spacial score (nSPS) is 10.1. The molecule has 0 saturated heterocycles. The first-order valence-electron chi connectivity index (χ1n) is 5.67. The van der Waals surface area contributed by atoms with Crippen LogP contribution in [-0.4, -0.2) is 24.1 Å². The second-order valence-corrected chi connectivity index (χ2v) is 5.07. The van der Waals surface area contributed by atoms with Crippen molar-refractivity contribution in [3.05, 3.63) is 29.3 Å². The Labute approximate surface area is 116 Å². The van der Waals surface area contributed by atoms with E-state index < -0.39 is 0 Å². The van der Waals surface area contributed by atoms with Gasteiger partial charge >= 0.3 is 5.97 Å². The van der Waals surface area contributed by atoms with Crippen molar-refractivity contribution in [2.75, 3.05) is 12.4 Å². The van der Waals surface area contributed by atoms with E-state index in [0.29, 0.717) is 17.4 Å². The molecular weight excluding hydrogens is 272 g/mol. The van der Waals surface area contributed by atoms with E-state index >= 15 is 0 Å². The Morgan fingerprint density at radius 1 is 1.22 bits per heavy atom. The van der Waals surface area contributed by atoms with Gasteiger partial charge in [0.1, 0.15) is 5.78 Å². The molecule has 0 amide bonds. The standard InChI is InChI=1S/C13H15ClO3S/c1-2-17-13(16)8-5-11(15)9-18-12-6-3-10(14)4-7-12/h3-4,6-7H,2,5,8-9H2,1H3. The predicted molar refractivity (Wildman–Crippen MR) is 73.1 cm³/mol. The Bertz CT molecular complexity index is 403. The highest BCUT2D eigenvalue weighted by Gasteiger charge is 2.08. The third-order valence-electron chi connectivity index (χ3n) is 2.13. The van der Waals surface area contributed by atoms with E-state index in [1.165, 1.54) is 11.8 Å². The Morgan fingerprint density at radius 3 is 2.50 bits per heavy atom. The summed E-state index contributed by atoms with van der Waals surface area (Å²) in [7, 11) is 0. The van der Waals surface area contributed by atoms with Gasteiger partial charge in [0.15, 0.2) is 0 Å². The summed E-state index contributed by atoms with van der Waals surface area (Å²) in [4.78, 5) is 23.6. The van der Waals surface area contributed by atoms with Crippen LogP contribution in [0.25, 0.3) is 0 Å². The fourth-order valence-corrected chi connectivity index (χ4v) is 2.17. The molecule has 1 aromatic carbocycles. The molecule has 18 heavy (non-hydrogen) atoms. The highest BCUT2D eigenvalue weighted by atomic mass is 35.5. The number of thioether (sulfide) groups is 1. The van der Waals surface area contributed by atoms with Crippen LogP contribution in [0, 0.1) is 0 Å². The van der Waals surface area contributed by atoms with Gasteiger partial charge in [-0.3, -0.25) is 9.59 Å². The van der Waals surface area contributed by atoms with Gasteiger partial charge in [0, 0.05) is 16.3 Å². The number of Topliss-reactive ketones (excluding diaryl/α,β-unsaturated/α-hetero) is 1. The summed E-state index contributed by atoms with van der Waals surface area (Å²) in [5.41, 5.74) is 0. The molecule has 1 aromatic rings. The fourth-order valence-electron chi connectivity index (χ4n) is 1.24. The number of benzene rings is 1. The third-order valence-corrected chi connectivity index (χ3v) is 3.45. The number of hydrogen-bond donors (Lipinski definition) is 0. The number of ketones is 1. The Morgan fingerprint density at radius 2 is 1.89 bits per heavy atom. The first kappa shape index (κ1) is 15.1. The minimum absolute atomic E-state index is 0.0444. The average Bonchev–Trinajstić information content (AvgIpc) is 2.36. The molecule has 0 aliphatic rings. The SMILES string of the molecule is CCOC(=O)CCC(=O)CSc1ccc(Cl)cc1. The summed E-state index contributed by atoms with van der Waals surface area (Å²) < 4.78 is 4.76. The first-order chi connectivity index (χ1) is 8.61. The van der Waals surface area contributed by atoms with Crippen molar-refractivity contribution in [2.45, 2.75) is 24.7 Å². The topological polar surface area (TPSA) is 43.4 Å². The maximum atomic E-state index is 11.5. The van der Waals surface area contributed by atoms with Gasteiger partial charge in [-0.15, -0.1) is 11.8 Å². The lowest BCUT2D eigenvalue weighted by molar-refractivity contribution is -0.144. The van der Waals surface area contributed by atoms with Gasteiger partial charge in [-0.25, -0.2) is 0 Å². The van der Waals surface area contributed by atoms with Crippen molar-refractivity contribution >= 4 is 35.1 Å². The van der Waals surface area contributed by atoms with Gasteiger partial charge in [-0.05, 0) is 31.2 Å². The van der Waals surface area contributed by atoms with Gasteiger partial charge in [0.25, 0.3) is 0 Å². The molecule has 0 aliphatic carbocycles. The maximum Gasteiger partial charge on any atom is 0.306 e. The van der Waals surface area contributed by atoms with E-state index in [1.807, 2.05) is 12.1 Å². The van der Waals surface area contributed by atoms with Gasteiger partial charge in [0.05, 0.1) is 18.8 Å². The minimum atomic E-state index is -0.317. The Hall–Kier alpha value is -1.00. The van der Waals surface area contributed by atoms with Crippen molar-refractivity contribution in [1.82, 2.24) is 0 Å². The minimum Gasteiger partial charge on any atom is -0.466 e. The van der Waals surface area contributed by atoms with E-state index in [9.17, 15) is 9.59 Å². The molecule has 5 heteroatoms. The van der Waals surface area contributed by atoms with Crippen molar-refractivity contribution in [3.63, 3.8) is 0 Å². The van der Waals surface area contributed by atoms with E-state index in [0.717, 1.165) is 4.90 Å². The molecule has 98 valence electrons. The summed E-state index contributed by atoms with van der Waals surface area (Å²) in [5, 5.41) is 0.674. The third kappa shape index (κ3) is 6.07. The molecule has 0 bridgehead atoms. The fraction of sp³-hybridized carbons (Fsp3) is 0.385. The largest absolute Gasteiger partial charge is 0.466 e. The number of rotatable bonds is 7. The van der Waals surface area contributed by atoms with E-state index in [4.69, 9.17) is 16.3 Å². The number of halogens is 1. The molecule has 0 saturated carbocycles. The number of carbonyl (C=O) groups excluding carboxylic acids is 2. The zero-order valence-corrected chi connectivity index (χ0v) is 11.7. The van der Waals surface area contributed by atoms with E-state index in [-0.39, 0.29) is 24.6 Å². The summed E-state index contributed by atoms with van der Waals surface area (Å²) in [6.45, 7) is 2.10. The summed E-state index contributed by atoms with van der Waals surface area (Å²) in [6.07, 6.45) is 0.396. The number of carbonyl (C=O) groups is 2. The number of ether oxygens (including phenoxy) is 1. The van der Waals surface area contributed by atoms with Crippen molar-refractivity contribution in [2.24, 2.45) is 0 Å². The summed E-state index contributed by atoms with van der Waals surface area (Å²) >= 11 is 7.20. The molecule has 0 spiro atoms. The quantitative estimate of drug-likeness (QED) is 0.569. The predicted octanol–water partition coefficient (Wildman–Crippen LogP) is 3.34. The summed E-state index contributed by atoms with van der Waals surface area (Å²) in [6, 6.07) is 7.30. The van der Waals surface area contributed by atoms with E-state index in [1.54, 1.807) is 19.1 Å². The van der Waals surface area contributed by atoms with Crippen LogP contribution in [0.1, 0.15) is 19.8 Å². The molecule has 3 nitrogen and oxygen atoms in total. The second-order valence-electron chi connectivity index (χ2n) is 3.59. The summed E-state index contributed by atoms with van der Waals surface area (Å²) in [5.74, 6) is 0.0893. The van der Waals surface area contributed by atoms with Crippen LogP contribution < -0.4 is 0 Å². The van der Waals surface area contributed by atoms with Crippen LogP contribution in [0.2, 0.25) is 5.02 Å². The molecule has 0 radical (unpaired) electrons. The number of esters is 1. The number of hydrogen-bond acceptors (Lipinski definition) is 4. The van der Waals surface area contributed by atoms with Crippen LogP contribution >= 0.6 is 23.4 Å². The lowest BCUT2D eigenvalue weighted by atomic mass is 10.2. The van der Waals surface area contributed by atoms with Crippen molar-refractivity contribution in [3.8, 4) is 0 Å². The first-order valence-corrected chi connectivity index (χ1v) is 7.04. The van der Waals surface area contributed by atoms with E-state index in [2.05, 4.69) is 0 Å². The molecule has 1 rings (SSSR count). The lowest BCUT2D eigenvalue weighted by Gasteiger charge is -2.02. The van der Waals surface area contributed by atoms with Crippen LogP contribution in [-0.2, 0) is 14.3 Å². The zero-order valence-electron chi connectivity index (χ0n) is 10.1. The van der Waals surface area contributed by atoms with Gasteiger partial charge in [-0.2, -0.15) is 0 Å². The van der Waals surface area contributed by atoms with Crippen LogP contribution in [0.5, 0.6) is 0 Å². The second kappa shape index (κ2) is 8.16. The molecule has 0 aliphatic heterocycles. The highest BCUT2D eigenvalue weighted by molar-refractivity contribution is 8.00. The van der Waals surface area contributed by atoms with Crippen LogP contribution in [0.3, 0.4) is 0 Å². The van der Waals surface area contributed by atoms with Gasteiger partial charge in [0.2, 0.25) is 0 Å². The van der Waals surface area contributed by atoms with Gasteiger partial charge in [-0.1, -0.05) is 11.6 Å². The molecule has 0 fully saturated rings. The van der Waals surface area contributed by atoms with Crippen molar-refractivity contribution in [1.29, 1.82) is 0 Å². The Kier molecular flexibility index (Phi) is 6.83.